The Balaban J connectivity index is 4.57. The summed E-state index contributed by atoms with van der Waals surface area (Å²) < 4.78 is 16.6. The smallest absolute Gasteiger partial charge is 0.306 e. The Morgan fingerprint density at radius 1 is 0.373 bits per heavy atom. The Morgan fingerprint density at radius 3 is 1.34 bits per heavy atom. The molecule has 6 nitrogen and oxygen atoms in total. The first-order valence-electron chi connectivity index (χ1n) is 23.1. The van der Waals surface area contributed by atoms with Gasteiger partial charge in [-0.05, 0) is 77.0 Å². The number of rotatable bonds is 39. The molecule has 6 heteroatoms. The van der Waals surface area contributed by atoms with Crippen LogP contribution in [0.4, 0.5) is 0 Å². The van der Waals surface area contributed by atoms with Crippen LogP contribution in [0.25, 0.3) is 0 Å². The van der Waals surface area contributed by atoms with Crippen molar-refractivity contribution in [1.82, 2.24) is 0 Å². The minimum absolute atomic E-state index is 0.135. The van der Waals surface area contributed by atoms with E-state index in [1.807, 2.05) is 79.0 Å². The van der Waals surface area contributed by atoms with Gasteiger partial charge in [-0.2, -0.15) is 0 Å². The molecule has 0 fully saturated rings. The lowest BCUT2D eigenvalue weighted by atomic mass is 10.1. The average Bonchev–Trinajstić information content (AvgIpc) is 3.23. The maximum Gasteiger partial charge on any atom is 0.306 e. The molecule has 1 atom stereocenters. The van der Waals surface area contributed by atoms with Crippen LogP contribution < -0.4 is 0 Å². The number of esters is 3. The molecule has 0 bridgehead atoms. The highest BCUT2D eigenvalue weighted by Gasteiger charge is 2.19. The van der Waals surface area contributed by atoms with E-state index in [0.717, 1.165) is 51.4 Å². The van der Waals surface area contributed by atoms with Crippen LogP contribution in [0.1, 0.15) is 175 Å². The van der Waals surface area contributed by atoms with Gasteiger partial charge in [0.1, 0.15) is 13.2 Å². The largest absolute Gasteiger partial charge is 0.462 e. The first-order valence-corrected chi connectivity index (χ1v) is 23.1. The molecule has 0 radical (unpaired) electrons. The quantitative estimate of drug-likeness (QED) is 0.0202. The first kappa shape index (κ1) is 54.8. The molecule has 0 aliphatic carbocycles. The number of carbonyl (C=O) groups is 3. The molecule has 0 aromatic carbocycles. The topological polar surface area (TPSA) is 78.9 Å². The van der Waals surface area contributed by atoms with Gasteiger partial charge in [-0.25, -0.2) is 0 Å². The molecular weight excluding hydrogens is 733 g/mol. The van der Waals surface area contributed by atoms with Crippen LogP contribution >= 0.6 is 0 Å². The van der Waals surface area contributed by atoms with Crippen LogP contribution in [0, 0.1) is 0 Å². The van der Waals surface area contributed by atoms with Crippen LogP contribution in [0.5, 0.6) is 0 Å². The van der Waals surface area contributed by atoms with E-state index in [1.54, 1.807) is 0 Å². The second kappa shape index (κ2) is 46.5. The highest BCUT2D eigenvalue weighted by Crippen LogP contribution is 2.10. The molecule has 0 spiro atoms. The molecule has 1 unspecified atom stereocenters. The van der Waals surface area contributed by atoms with Crippen molar-refractivity contribution in [3.63, 3.8) is 0 Å². The van der Waals surface area contributed by atoms with Crippen molar-refractivity contribution >= 4 is 17.9 Å². The zero-order valence-electron chi connectivity index (χ0n) is 37.5. The molecule has 0 saturated carbocycles. The molecular formula is C53H82O6. The lowest BCUT2D eigenvalue weighted by Crippen LogP contribution is -2.30. The van der Waals surface area contributed by atoms with Crippen LogP contribution in [-0.2, 0) is 28.6 Å². The van der Waals surface area contributed by atoms with E-state index >= 15 is 0 Å². The van der Waals surface area contributed by atoms with Gasteiger partial charge in [0.15, 0.2) is 6.10 Å². The number of hydrogen-bond donors (Lipinski definition) is 0. The summed E-state index contributed by atoms with van der Waals surface area (Å²) in [6.45, 7) is 6.29. The molecule has 0 aromatic heterocycles. The van der Waals surface area contributed by atoms with Crippen LogP contribution in [0.15, 0.2) is 122 Å². The van der Waals surface area contributed by atoms with Gasteiger partial charge in [-0.3, -0.25) is 14.4 Å². The molecule has 0 amide bonds. The number of hydrogen-bond acceptors (Lipinski definition) is 6. The van der Waals surface area contributed by atoms with E-state index in [9.17, 15) is 14.4 Å². The van der Waals surface area contributed by atoms with Crippen molar-refractivity contribution in [2.24, 2.45) is 0 Å². The van der Waals surface area contributed by atoms with Crippen molar-refractivity contribution in [2.75, 3.05) is 13.2 Å². The SMILES string of the molecule is CC\C=C/C=C\C=C/C=C\C=C\C=C/C=C\CCCCCC(=O)OCC(COC(=O)CCC/C=C\CCCCCC)OC(=O)CC/C=C\C/C=C\CCCCCCCC. The zero-order chi connectivity index (χ0) is 43.0. The third-order valence-corrected chi connectivity index (χ3v) is 9.13. The van der Waals surface area contributed by atoms with E-state index in [0.29, 0.717) is 19.3 Å². The summed E-state index contributed by atoms with van der Waals surface area (Å²) in [5.41, 5.74) is 0. The van der Waals surface area contributed by atoms with Gasteiger partial charge in [0, 0.05) is 19.3 Å². The van der Waals surface area contributed by atoms with E-state index in [4.69, 9.17) is 14.2 Å². The van der Waals surface area contributed by atoms with Crippen molar-refractivity contribution < 1.29 is 28.6 Å². The summed E-state index contributed by atoms with van der Waals surface area (Å²) in [6, 6.07) is 0. The maximum atomic E-state index is 12.7. The molecule has 330 valence electrons. The fourth-order valence-electron chi connectivity index (χ4n) is 5.66. The summed E-state index contributed by atoms with van der Waals surface area (Å²) in [4.78, 5) is 37.7. The molecule has 0 saturated heterocycles. The number of carbonyl (C=O) groups excluding carboxylic acids is 3. The molecule has 0 N–H and O–H groups in total. The minimum Gasteiger partial charge on any atom is -0.462 e. The van der Waals surface area contributed by atoms with E-state index in [-0.39, 0.29) is 44.4 Å². The van der Waals surface area contributed by atoms with Gasteiger partial charge >= 0.3 is 17.9 Å². The lowest BCUT2D eigenvalue weighted by molar-refractivity contribution is -0.166. The fraction of sp³-hybridized carbons (Fsp3) is 0.566. The maximum absolute atomic E-state index is 12.7. The van der Waals surface area contributed by atoms with Gasteiger partial charge in [-0.15, -0.1) is 0 Å². The summed E-state index contributed by atoms with van der Waals surface area (Å²) >= 11 is 0. The summed E-state index contributed by atoms with van der Waals surface area (Å²) in [7, 11) is 0. The number of unbranched alkanes of at least 4 members (excludes halogenated alkanes) is 14. The average molecular weight is 815 g/mol. The number of ether oxygens (including phenoxy) is 3. The Hall–Kier alpha value is -4.19. The second-order valence-corrected chi connectivity index (χ2v) is 14.8. The van der Waals surface area contributed by atoms with Gasteiger partial charge in [0.25, 0.3) is 0 Å². The van der Waals surface area contributed by atoms with Crippen LogP contribution in [0.2, 0.25) is 0 Å². The van der Waals surface area contributed by atoms with Gasteiger partial charge in [-0.1, -0.05) is 200 Å². The summed E-state index contributed by atoms with van der Waals surface area (Å²) in [5, 5.41) is 0. The van der Waals surface area contributed by atoms with Crippen molar-refractivity contribution in [1.29, 1.82) is 0 Å². The second-order valence-electron chi connectivity index (χ2n) is 14.8. The van der Waals surface area contributed by atoms with Gasteiger partial charge < -0.3 is 14.2 Å². The van der Waals surface area contributed by atoms with Gasteiger partial charge in [0.2, 0.25) is 0 Å². The van der Waals surface area contributed by atoms with E-state index in [1.165, 1.54) is 64.2 Å². The summed E-state index contributed by atoms with van der Waals surface area (Å²) in [5.74, 6) is -1.10. The highest BCUT2D eigenvalue weighted by atomic mass is 16.6. The Labute approximate surface area is 361 Å². The molecule has 0 aliphatic rings. The third-order valence-electron chi connectivity index (χ3n) is 9.13. The third kappa shape index (κ3) is 44.8. The monoisotopic (exact) mass is 815 g/mol. The van der Waals surface area contributed by atoms with E-state index < -0.39 is 12.1 Å². The fourth-order valence-corrected chi connectivity index (χ4v) is 5.66. The number of allylic oxidation sites excluding steroid dienone is 20. The van der Waals surface area contributed by atoms with Crippen LogP contribution in [0.3, 0.4) is 0 Å². The predicted molar refractivity (Wildman–Crippen MR) is 251 cm³/mol. The Kier molecular flexibility index (Phi) is 43.2. The minimum atomic E-state index is -0.839. The zero-order valence-corrected chi connectivity index (χ0v) is 37.5. The lowest BCUT2D eigenvalue weighted by Gasteiger charge is -2.18. The Morgan fingerprint density at radius 2 is 0.780 bits per heavy atom. The van der Waals surface area contributed by atoms with E-state index in [2.05, 4.69) is 63.3 Å². The van der Waals surface area contributed by atoms with Gasteiger partial charge in [0.05, 0.1) is 0 Å². The van der Waals surface area contributed by atoms with Crippen molar-refractivity contribution in [2.45, 2.75) is 181 Å². The molecule has 0 rings (SSSR count). The first-order chi connectivity index (χ1) is 29.0. The predicted octanol–water partition coefficient (Wildman–Crippen LogP) is 15.0. The molecule has 0 heterocycles. The van der Waals surface area contributed by atoms with Crippen molar-refractivity contribution in [3.05, 3.63) is 122 Å². The highest BCUT2D eigenvalue weighted by molar-refractivity contribution is 5.71. The Bertz CT molecular complexity index is 1300. The molecule has 59 heavy (non-hydrogen) atoms. The van der Waals surface area contributed by atoms with Crippen LogP contribution in [-0.4, -0.2) is 37.2 Å². The standard InChI is InChI=1S/C53H82O6/c1-4-7-10-13-16-19-21-23-24-25-26-27-28-30-31-34-37-40-43-46-52(55)58-49-50(48-57-51(54)45-42-39-36-33-18-15-12-9-6-3)59-53(56)47-44-41-38-35-32-29-22-20-17-14-11-8-5-2/h7,10,13,16,19,21,23-33,36,38,41,50H,4-6,8-9,11-12,14-15,17-18,20,22,34-35,37,39-40,42-49H2,1-3H3/b10-7-,16-13-,21-19-,24-23-,26-25+,28-27-,31-30-,32-29-,36-33-,41-38-. The normalized spacial score (nSPS) is 13.2. The molecule has 0 aliphatic heterocycles. The molecule has 0 aromatic rings. The van der Waals surface area contributed by atoms with Crippen molar-refractivity contribution in [3.8, 4) is 0 Å². The summed E-state index contributed by atoms with van der Waals surface area (Å²) in [6.07, 6.45) is 63.4.